The molecule has 2 heterocycles. The van der Waals surface area contributed by atoms with E-state index >= 15 is 0 Å². The van der Waals surface area contributed by atoms with Crippen LogP contribution in [0.15, 0.2) is 10.6 Å². The number of hydrogen-bond acceptors (Lipinski definition) is 4. The molecular formula is C8H9ClN4O. The van der Waals surface area contributed by atoms with E-state index in [1.54, 1.807) is 4.68 Å². The predicted molar refractivity (Wildman–Crippen MR) is 50.8 cm³/mol. The Morgan fingerprint density at radius 2 is 2.36 bits per heavy atom. The number of aromatic nitrogens is 4. The molecule has 0 saturated carbocycles. The molecule has 0 aliphatic carbocycles. The summed E-state index contributed by atoms with van der Waals surface area (Å²) in [6.45, 7) is 1.91. The van der Waals surface area contributed by atoms with Crippen molar-refractivity contribution in [2.75, 3.05) is 0 Å². The smallest absolute Gasteiger partial charge is 0.276 e. The van der Waals surface area contributed by atoms with Crippen LogP contribution in [0, 0.1) is 6.92 Å². The van der Waals surface area contributed by atoms with E-state index in [2.05, 4.69) is 15.2 Å². The maximum Gasteiger partial charge on any atom is 0.276 e. The Morgan fingerprint density at radius 1 is 1.57 bits per heavy atom. The highest BCUT2D eigenvalue weighted by atomic mass is 35.5. The Hall–Kier alpha value is -1.36. The van der Waals surface area contributed by atoms with E-state index in [0.29, 0.717) is 11.7 Å². The van der Waals surface area contributed by atoms with E-state index in [9.17, 15) is 0 Å². The van der Waals surface area contributed by atoms with Gasteiger partial charge in [-0.3, -0.25) is 4.68 Å². The Morgan fingerprint density at radius 3 is 2.86 bits per heavy atom. The molecule has 0 amide bonds. The number of hydrogen-bond donors (Lipinski definition) is 0. The first kappa shape index (κ1) is 9.21. The van der Waals surface area contributed by atoms with Crippen molar-refractivity contribution >= 4 is 11.6 Å². The van der Waals surface area contributed by atoms with E-state index in [0.717, 1.165) is 11.4 Å². The number of aryl methyl sites for hydroxylation is 2. The second-order valence-electron chi connectivity index (χ2n) is 2.94. The highest BCUT2D eigenvalue weighted by Gasteiger charge is 2.12. The van der Waals surface area contributed by atoms with Gasteiger partial charge in [0, 0.05) is 7.05 Å². The molecule has 6 heteroatoms. The molecule has 2 aromatic heterocycles. The van der Waals surface area contributed by atoms with Crippen molar-refractivity contribution in [3.8, 4) is 11.6 Å². The predicted octanol–water partition coefficient (Wildman–Crippen LogP) is 1.52. The minimum absolute atomic E-state index is 0.250. The van der Waals surface area contributed by atoms with Gasteiger partial charge in [0.1, 0.15) is 5.69 Å². The summed E-state index contributed by atoms with van der Waals surface area (Å²) in [5.74, 6) is 1.18. The summed E-state index contributed by atoms with van der Waals surface area (Å²) in [6, 6.07) is 1.88. The molecule has 2 rings (SSSR count). The Labute approximate surface area is 85.7 Å². The van der Waals surface area contributed by atoms with Crippen molar-refractivity contribution in [1.82, 2.24) is 19.9 Å². The average Bonchev–Trinajstić information content (AvgIpc) is 2.71. The first-order valence-corrected chi connectivity index (χ1v) is 4.63. The molecule has 2 aromatic rings. The highest BCUT2D eigenvalue weighted by Crippen LogP contribution is 2.17. The lowest BCUT2D eigenvalue weighted by Crippen LogP contribution is -1.93. The number of rotatable bonds is 2. The zero-order valence-corrected chi connectivity index (χ0v) is 8.62. The van der Waals surface area contributed by atoms with Gasteiger partial charge in [-0.15, -0.1) is 11.6 Å². The van der Waals surface area contributed by atoms with Crippen LogP contribution in [0.3, 0.4) is 0 Å². The van der Waals surface area contributed by atoms with Gasteiger partial charge in [-0.25, -0.2) is 0 Å². The van der Waals surface area contributed by atoms with Gasteiger partial charge in [-0.2, -0.15) is 10.1 Å². The largest absolute Gasteiger partial charge is 0.332 e. The van der Waals surface area contributed by atoms with E-state index in [1.807, 2.05) is 20.0 Å². The van der Waals surface area contributed by atoms with Gasteiger partial charge in [0.25, 0.3) is 5.89 Å². The quantitative estimate of drug-likeness (QED) is 0.709. The Bertz CT molecular complexity index is 448. The van der Waals surface area contributed by atoms with Crippen molar-refractivity contribution in [2.45, 2.75) is 12.8 Å². The third-order valence-electron chi connectivity index (χ3n) is 1.81. The van der Waals surface area contributed by atoms with Gasteiger partial charge < -0.3 is 4.52 Å². The van der Waals surface area contributed by atoms with Crippen LogP contribution in [-0.4, -0.2) is 19.9 Å². The highest BCUT2D eigenvalue weighted by molar-refractivity contribution is 6.16. The fourth-order valence-corrected chi connectivity index (χ4v) is 1.33. The molecule has 0 fully saturated rings. The summed E-state index contributed by atoms with van der Waals surface area (Å²) in [5, 5.41) is 7.88. The standard InChI is InChI=1S/C8H9ClN4O/c1-5-3-6(13(2)11-5)8-10-7(4-9)12-14-8/h3H,4H2,1-2H3. The molecular weight excluding hydrogens is 204 g/mol. The third-order valence-corrected chi connectivity index (χ3v) is 2.05. The molecule has 0 radical (unpaired) electrons. The lowest BCUT2D eigenvalue weighted by Gasteiger charge is -1.92. The van der Waals surface area contributed by atoms with Gasteiger partial charge in [0.15, 0.2) is 5.82 Å². The molecule has 0 aliphatic heterocycles. The van der Waals surface area contributed by atoms with Crippen molar-refractivity contribution in [3.63, 3.8) is 0 Å². The van der Waals surface area contributed by atoms with Crippen LogP contribution in [0.4, 0.5) is 0 Å². The molecule has 0 spiro atoms. The Balaban J connectivity index is 2.43. The van der Waals surface area contributed by atoms with Gasteiger partial charge >= 0.3 is 0 Å². The second kappa shape index (κ2) is 3.42. The van der Waals surface area contributed by atoms with Gasteiger partial charge in [-0.1, -0.05) is 5.16 Å². The summed E-state index contributed by atoms with van der Waals surface area (Å²) in [4.78, 5) is 4.10. The van der Waals surface area contributed by atoms with Crippen molar-refractivity contribution in [1.29, 1.82) is 0 Å². The van der Waals surface area contributed by atoms with Crippen molar-refractivity contribution in [3.05, 3.63) is 17.6 Å². The van der Waals surface area contributed by atoms with Gasteiger partial charge in [0.05, 0.1) is 11.6 Å². The summed E-state index contributed by atoms with van der Waals surface area (Å²) in [5.41, 5.74) is 1.71. The first-order valence-electron chi connectivity index (χ1n) is 4.10. The van der Waals surface area contributed by atoms with Crippen LogP contribution < -0.4 is 0 Å². The zero-order chi connectivity index (χ0) is 10.1. The molecule has 0 N–H and O–H groups in total. The van der Waals surface area contributed by atoms with Crippen molar-refractivity contribution < 1.29 is 4.52 Å². The molecule has 0 saturated heterocycles. The van der Waals surface area contributed by atoms with Crippen LogP contribution in [0.2, 0.25) is 0 Å². The molecule has 0 atom stereocenters. The summed E-state index contributed by atoms with van der Waals surface area (Å²) in [7, 11) is 1.83. The zero-order valence-electron chi connectivity index (χ0n) is 7.86. The number of halogens is 1. The third kappa shape index (κ3) is 1.50. The topological polar surface area (TPSA) is 56.7 Å². The minimum Gasteiger partial charge on any atom is -0.332 e. The molecule has 14 heavy (non-hydrogen) atoms. The second-order valence-corrected chi connectivity index (χ2v) is 3.21. The SMILES string of the molecule is Cc1cc(-c2nc(CCl)no2)n(C)n1. The molecule has 0 aliphatic rings. The fraction of sp³-hybridized carbons (Fsp3) is 0.375. The van der Waals surface area contributed by atoms with Crippen LogP contribution in [-0.2, 0) is 12.9 Å². The Kier molecular flexibility index (Phi) is 2.25. The fourth-order valence-electron chi connectivity index (χ4n) is 1.22. The van der Waals surface area contributed by atoms with E-state index in [-0.39, 0.29) is 5.88 Å². The van der Waals surface area contributed by atoms with E-state index in [4.69, 9.17) is 16.1 Å². The summed E-state index contributed by atoms with van der Waals surface area (Å²) >= 11 is 5.57. The molecule has 0 aromatic carbocycles. The van der Waals surface area contributed by atoms with Crippen LogP contribution >= 0.6 is 11.6 Å². The monoisotopic (exact) mass is 212 g/mol. The van der Waals surface area contributed by atoms with Crippen molar-refractivity contribution in [2.24, 2.45) is 7.05 Å². The molecule has 74 valence electrons. The molecule has 0 unspecified atom stereocenters. The van der Waals surface area contributed by atoms with Crippen LogP contribution in [0.5, 0.6) is 0 Å². The van der Waals surface area contributed by atoms with Gasteiger partial charge in [0.2, 0.25) is 0 Å². The first-order chi connectivity index (χ1) is 6.70. The van der Waals surface area contributed by atoms with Crippen LogP contribution in [0.1, 0.15) is 11.5 Å². The maximum atomic E-state index is 5.57. The minimum atomic E-state index is 0.250. The average molecular weight is 213 g/mol. The van der Waals surface area contributed by atoms with E-state index < -0.39 is 0 Å². The normalized spacial score (nSPS) is 10.8. The summed E-state index contributed by atoms with van der Waals surface area (Å²) in [6.07, 6.45) is 0. The molecule has 5 nitrogen and oxygen atoms in total. The lowest BCUT2D eigenvalue weighted by molar-refractivity contribution is 0.421. The van der Waals surface area contributed by atoms with Gasteiger partial charge in [-0.05, 0) is 13.0 Å². The lowest BCUT2D eigenvalue weighted by atomic mass is 10.4. The summed E-state index contributed by atoms with van der Waals surface area (Å²) < 4.78 is 6.72. The van der Waals surface area contributed by atoms with E-state index in [1.165, 1.54) is 0 Å². The number of nitrogens with zero attached hydrogens (tertiary/aromatic N) is 4. The maximum absolute atomic E-state index is 5.57. The number of alkyl halides is 1. The molecule has 0 bridgehead atoms. The van der Waals surface area contributed by atoms with Crippen LogP contribution in [0.25, 0.3) is 11.6 Å².